The molecule has 0 spiro atoms. The van der Waals surface area contributed by atoms with Crippen molar-refractivity contribution in [2.24, 2.45) is 11.7 Å². The van der Waals surface area contributed by atoms with Crippen LogP contribution in [0.4, 0.5) is 0 Å². The Bertz CT molecular complexity index is 254. The van der Waals surface area contributed by atoms with E-state index in [1.807, 2.05) is 6.92 Å². The van der Waals surface area contributed by atoms with E-state index in [2.05, 4.69) is 5.32 Å². The quantitative estimate of drug-likeness (QED) is 0.677. The molecule has 1 aliphatic rings. The number of nitrogens with two attached hydrogens (primary N) is 1. The summed E-state index contributed by atoms with van der Waals surface area (Å²) in [5.41, 5.74) is 5.84. The van der Waals surface area contributed by atoms with Gasteiger partial charge in [0, 0.05) is 41.3 Å². The first-order chi connectivity index (χ1) is 6.99. The first-order valence-electron chi connectivity index (χ1n) is 5.34. The molecule has 0 heterocycles. The van der Waals surface area contributed by atoms with Crippen molar-refractivity contribution in [3.63, 3.8) is 0 Å². The van der Waals surface area contributed by atoms with E-state index in [9.17, 15) is 9.00 Å². The molecule has 1 aliphatic carbocycles. The number of carbonyl (C=O) groups excluding carboxylic acids is 1. The Labute approximate surface area is 93.4 Å². The largest absolute Gasteiger partial charge is 0.353 e. The van der Waals surface area contributed by atoms with Crippen LogP contribution in [0.25, 0.3) is 0 Å². The van der Waals surface area contributed by atoms with Crippen LogP contribution >= 0.6 is 0 Å². The number of hydrogen-bond acceptors (Lipinski definition) is 3. The summed E-state index contributed by atoms with van der Waals surface area (Å²) in [6.45, 7) is 1.86. The molecule has 5 heteroatoms. The molecule has 0 saturated heterocycles. The monoisotopic (exact) mass is 232 g/mol. The average molecular weight is 232 g/mol. The van der Waals surface area contributed by atoms with Crippen molar-refractivity contribution in [1.82, 2.24) is 5.32 Å². The van der Waals surface area contributed by atoms with Crippen LogP contribution in [-0.4, -0.2) is 34.2 Å². The first kappa shape index (κ1) is 12.6. The molecule has 1 saturated carbocycles. The lowest BCUT2D eigenvalue weighted by Crippen LogP contribution is -2.39. The molecule has 0 bridgehead atoms. The third-order valence-corrected chi connectivity index (χ3v) is 3.51. The topological polar surface area (TPSA) is 72.2 Å². The van der Waals surface area contributed by atoms with E-state index in [1.54, 1.807) is 6.26 Å². The van der Waals surface area contributed by atoms with E-state index in [0.717, 1.165) is 12.8 Å². The Kier molecular flexibility index (Phi) is 4.73. The highest BCUT2D eigenvalue weighted by molar-refractivity contribution is 7.84. The second kappa shape index (κ2) is 5.61. The first-order valence-corrected chi connectivity index (χ1v) is 7.06. The van der Waals surface area contributed by atoms with Gasteiger partial charge in [0.2, 0.25) is 5.91 Å². The van der Waals surface area contributed by atoms with Gasteiger partial charge in [0.05, 0.1) is 0 Å². The van der Waals surface area contributed by atoms with Crippen molar-refractivity contribution in [2.45, 2.75) is 38.3 Å². The van der Waals surface area contributed by atoms with Gasteiger partial charge >= 0.3 is 0 Å². The van der Waals surface area contributed by atoms with Crippen LogP contribution in [0, 0.1) is 5.92 Å². The van der Waals surface area contributed by atoms with Crippen molar-refractivity contribution in [2.75, 3.05) is 12.0 Å². The minimum Gasteiger partial charge on any atom is -0.353 e. The van der Waals surface area contributed by atoms with Gasteiger partial charge in [-0.1, -0.05) is 0 Å². The second-order valence-electron chi connectivity index (χ2n) is 4.41. The van der Waals surface area contributed by atoms with Gasteiger partial charge in [-0.2, -0.15) is 0 Å². The maximum Gasteiger partial charge on any atom is 0.221 e. The molecule has 0 aromatic rings. The zero-order valence-electron chi connectivity index (χ0n) is 9.36. The van der Waals surface area contributed by atoms with E-state index in [0.29, 0.717) is 18.1 Å². The summed E-state index contributed by atoms with van der Waals surface area (Å²) < 4.78 is 10.9. The molecule has 1 amide bonds. The fourth-order valence-corrected chi connectivity index (χ4v) is 2.42. The maximum absolute atomic E-state index is 11.5. The Morgan fingerprint density at radius 3 is 2.67 bits per heavy atom. The summed E-state index contributed by atoms with van der Waals surface area (Å²) >= 11 is 0. The van der Waals surface area contributed by atoms with Crippen LogP contribution in [0.2, 0.25) is 0 Å². The van der Waals surface area contributed by atoms with Crippen LogP contribution in [0.3, 0.4) is 0 Å². The molecule has 15 heavy (non-hydrogen) atoms. The van der Waals surface area contributed by atoms with Crippen molar-refractivity contribution in [3.05, 3.63) is 0 Å². The Balaban J connectivity index is 2.19. The molecule has 3 N–H and O–H groups in total. The maximum atomic E-state index is 11.5. The van der Waals surface area contributed by atoms with Gasteiger partial charge in [0.25, 0.3) is 0 Å². The molecule has 3 unspecified atom stereocenters. The third-order valence-electron chi connectivity index (χ3n) is 2.54. The van der Waals surface area contributed by atoms with E-state index >= 15 is 0 Å². The summed E-state index contributed by atoms with van der Waals surface area (Å²) in [4.78, 5) is 11.5. The van der Waals surface area contributed by atoms with Gasteiger partial charge < -0.3 is 11.1 Å². The van der Waals surface area contributed by atoms with Crippen molar-refractivity contribution < 1.29 is 9.00 Å². The van der Waals surface area contributed by atoms with E-state index in [-0.39, 0.29) is 18.0 Å². The van der Waals surface area contributed by atoms with Gasteiger partial charge in [0.15, 0.2) is 0 Å². The summed E-state index contributed by atoms with van der Waals surface area (Å²) in [7, 11) is -0.867. The number of carbonyl (C=O) groups is 1. The standard InChI is InChI=1S/C10H20N2O2S/c1-7(6-15(2)14)12-10(13)5-9(11)8-3-4-8/h7-9H,3-6,11H2,1-2H3,(H,12,13). The second-order valence-corrected chi connectivity index (χ2v) is 5.89. The van der Waals surface area contributed by atoms with Crippen LogP contribution in [0.15, 0.2) is 0 Å². The van der Waals surface area contributed by atoms with E-state index in [4.69, 9.17) is 5.73 Å². The minimum absolute atomic E-state index is 0.00400. The molecule has 0 aromatic carbocycles. The molecule has 1 fully saturated rings. The minimum atomic E-state index is -0.867. The normalized spacial score (nSPS) is 21.8. The van der Waals surface area contributed by atoms with Crippen LogP contribution in [0.5, 0.6) is 0 Å². The van der Waals surface area contributed by atoms with Gasteiger partial charge in [-0.05, 0) is 25.7 Å². The lowest BCUT2D eigenvalue weighted by molar-refractivity contribution is -0.121. The van der Waals surface area contributed by atoms with Gasteiger partial charge in [-0.25, -0.2) is 0 Å². The summed E-state index contributed by atoms with van der Waals surface area (Å²) in [6.07, 6.45) is 4.34. The Hall–Kier alpha value is -0.420. The fourth-order valence-electron chi connectivity index (χ4n) is 1.63. The number of nitrogens with one attached hydrogen (secondary N) is 1. The molecule has 0 aromatic heterocycles. The molecular formula is C10H20N2O2S. The predicted octanol–water partition coefficient (Wildman–Crippen LogP) is -0.00300. The van der Waals surface area contributed by atoms with Gasteiger partial charge in [0.1, 0.15) is 0 Å². The van der Waals surface area contributed by atoms with Crippen molar-refractivity contribution in [1.29, 1.82) is 0 Å². The molecule has 88 valence electrons. The number of rotatable bonds is 6. The van der Waals surface area contributed by atoms with Crippen molar-refractivity contribution in [3.8, 4) is 0 Å². The molecule has 0 radical (unpaired) electrons. The van der Waals surface area contributed by atoms with Gasteiger partial charge in [-0.3, -0.25) is 9.00 Å². The summed E-state index contributed by atoms with van der Waals surface area (Å²) in [6, 6.07) is -0.0286. The summed E-state index contributed by atoms with van der Waals surface area (Å²) in [5.74, 6) is 1.03. The van der Waals surface area contributed by atoms with E-state index < -0.39 is 10.8 Å². The molecule has 0 aliphatic heterocycles. The van der Waals surface area contributed by atoms with E-state index in [1.165, 1.54) is 0 Å². The molecule has 3 atom stereocenters. The smallest absolute Gasteiger partial charge is 0.221 e. The number of amides is 1. The Morgan fingerprint density at radius 1 is 1.60 bits per heavy atom. The zero-order chi connectivity index (χ0) is 11.4. The van der Waals surface area contributed by atoms with Crippen LogP contribution < -0.4 is 11.1 Å². The lowest BCUT2D eigenvalue weighted by atomic mass is 10.1. The SMILES string of the molecule is CC(CS(C)=O)NC(=O)CC(N)C1CC1. The fraction of sp³-hybridized carbons (Fsp3) is 0.900. The highest BCUT2D eigenvalue weighted by Gasteiger charge is 2.29. The molecule has 1 rings (SSSR count). The lowest BCUT2D eigenvalue weighted by Gasteiger charge is -2.14. The predicted molar refractivity (Wildman–Crippen MR) is 61.9 cm³/mol. The average Bonchev–Trinajstić information content (AvgIpc) is 2.82. The molecular weight excluding hydrogens is 212 g/mol. The number of hydrogen-bond donors (Lipinski definition) is 2. The highest BCUT2D eigenvalue weighted by Crippen LogP contribution is 2.32. The van der Waals surface area contributed by atoms with Gasteiger partial charge in [-0.15, -0.1) is 0 Å². The third kappa shape index (κ3) is 5.28. The van der Waals surface area contributed by atoms with Crippen molar-refractivity contribution >= 4 is 16.7 Å². The highest BCUT2D eigenvalue weighted by atomic mass is 32.2. The van der Waals surface area contributed by atoms with Crippen LogP contribution in [-0.2, 0) is 15.6 Å². The Morgan fingerprint density at radius 2 is 2.20 bits per heavy atom. The van der Waals surface area contributed by atoms with Crippen LogP contribution in [0.1, 0.15) is 26.2 Å². The zero-order valence-corrected chi connectivity index (χ0v) is 10.2. The summed E-state index contributed by atoms with van der Waals surface area (Å²) in [5, 5.41) is 2.81. The molecule has 4 nitrogen and oxygen atoms in total.